The molecule has 1 aromatic rings. The van der Waals surface area contributed by atoms with Gasteiger partial charge in [0.05, 0.1) is 0 Å². The second-order valence-electron chi connectivity index (χ2n) is 5.38. The Morgan fingerprint density at radius 1 is 1.35 bits per heavy atom. The Labute approximate surface area is 119 Å². The molecule has 1 rings (SSSR count). The molecule has 4 nitrogen and oxygen atoms in total. The fourth-order valence-corrected chi connectivity index (χ4v) is 1.59. The van der Waals surface area contributed by atoms with E-state index in [4.69, 9.17) is 10.5 Å². The van der Waals surface area contributed by atoms with Crippen LogP contribution in [0, 0.1) is 11.7 Å². The fourth-order valence-electron chi connectivity index (χ4n) is 1.59. The molecule has 0 fully saturated rings. The Hall–Kier alpha value is -1.62. The van der Waals surface area contributed by atoms with Gasteiger partial charge in [-0.2, -0.15) is 0 Å². The van der Waals surface area contributed by atoms with Crippen molar-refractivity contribution in [3.63, 3.8) is 0 Å². The number of carbonyl (C=O) groups excluding carboxylic acids is 1. The third-order valence-electron chi connectivity index (χ3n) is 2.84. The van der Waals surface area contributed by atoms with Crippen molar-refractivity contribution in [2.45, 2.75) is 39.8 Å². The Morgan fingerprint density at radius 3 is 2.50 bits per heavy atom. The van der Waals surface area contributed by atoms with Crippen LogP contribution in [0.2, 0.25) is 0 Å². The van der Waals surface area contributed by atoms with E-state index in [1.807, 2.05) is 13.8 Å². The Kier molecular flexibility index (Phi) is 5.95. The molecule has 112 valence electrons. The summed E-state index contributed by atoms with van der Waals surface area (Å²) >= 11 is 0. The molecule has 5 heteroatoms. The van der Waals surface area contributed by atoms with Gasteiger partial charge < -0.3 is 15.8 Å². The predicted octanol–water partition coefficient (Wildman–Crippen LogP) is 2.38. The maximum absolute atomic E-state index is 13.8. The topological polar surface area (TPSA) is 64.3 Å². The first kappa shape index (κ1) is 16.4. The average Bonchev–Trinajstić information content (AvgIpc) is 2.37. The quantitative estimate of drug-likeness (QED) is 0.842. The normalized spacial score (nSPS) is 13.9. The smallest absolute Gasteiger partial charge is 0.260 e. The van der Waals surface area contributed by atoms with Crippen LogP contribution in [-0.4, -0.2) is 18.6 Å². The molecule has 20 heavy (non-hydrogen) atoms. The molecule has 0 aliphatic rings. The van der Waals surface area contributed by atoms with Gasteiger partial charge in [-0.25, -0.2) is 4.39 Å². The molecule has 0 aliphatic heterocycles. The van der Waals surface area contributed by atoms with E-state index in [9.17, 15) is 9.18 Å². The molecule has 1 aromatic carbocycles. The number of rotatable bonds is 6. The van der Waals surface area contributed by atoms with Crippen LogP contribution in [0.15, 0.2) is 18.2 Å². The van der Waals surface area contributed by atoms with Crippen molar-refractivity contribution >= 4 is 5.91 Å². The van der Waals surface area contributed by atoms with Crippen LogP contribution in [0.4, 0.5) is 4.39 Å². The van der Waals surface area contributed by atoms with Crippen LogP contribution in [0.25, 0.3) is 0 Å². The highest BCUT2D eigenvalue weighted by molar-refractivity contribution is 5.80. The molecule has 0 saturated carbocycles. The lowest BCUT2D eigenvalue weighted by molar-refractivity contribution is -0.127. The number of hydrogen-bond acceptors (Lipinski definition) is 3. The zero-order valence-electron chi connectivity index (χ0n) is 12.4. The summed E-state index contributed by atoms with van der Waals surface area (Å²) in [6, 6.07) is 4.28. The highest BCUT2D eigenvalue weighted by Gasteiger charge is 2.17. The maximum atomic E-state index is 13.8. The highest BCUT2D eigenvalue weighted by atomic mass is 19.1. The summed E-state index contributed by atoms with van der Waals surface area (Å²) in [5.41, 5.74) is 6.37. The van der Waals surface area contributed by atoms with Crippen molar-refractivity contribution in [1.29, 1.82) is 0 Å². The number of hydrogen-bond donors (Lipinski definition) is 2. The molecule has 0 aromatic heterocycles. The molecule has 0 radical (unpaired) electrons. The molecule has 1 unspecified atom stereocenters. The number of carbonyl (C=O) groups is 1. The zero-order valence-corrected chi connectivity index (χ0v) is 12.4. The van der Waals surface area contributed by atoms with Crippen LogP contribution < -0.4 is 15.8 Å². The molecule has 0 aliphatic carbocycles. The van der Waals surface area contributed by atoms with E-state index in [1.54, 1.807) is 19.9 Å². The largest absolute Gasteiger partial charge is 0.478 e. The van der Waals surface area contributed by atoms with Crippen LogP contribution >= 0.6 is 0 Å². The van der Waals surface area contributed by atoms with E-state index in [2.05, 4.69) is 5.32 Å². The summed E-state index contributed by atoms with van der Waals surface area (Å²) in [7, 11) is 0. The van der Waals surface area contributed by atoms with E-state index in [-0.39, 0.29) is 17.7 Å². The number of nitrogens with one attached hydrogen (secondary N) is 1. The van der Waals surface area contributed by atoms with Gasteiger partial charge in [0.15, 0.2) is 17.7 Å². The first-order valence-corrected chi connectivity index (χ1v) is 6.80. The molecule has 2 atom stereocenters. The van der Waals surface area contributed by atoms with E-state index in [0.717, 1.165) is 0 Å². The molecule has 3 N–H and O–H groups in total. The minimum Gasteiger partial charge on any atom is -0.478 e. The lowest BCUT2D eigenvalue weighted by Crippen LogP contribution is -2.38. The van der Waals surface area contributed by atoms with E-state index in [1.165, 1.54) is 12.1 Å². The van der Waals surface area contributed by atoms with Gasteiger partial charge in [0.1, 0.15) is 0 Å². The van der Waals surface area contributed by atoms with Crippen LogP contribution in [0.5, 0.6) is 5.75 Å². The second-order valence-corrected chi connectivity index (χ2v) is 5.38. The van der Waals surface area contributed by atoms with E-state index in [0.29, 0.717) is 18.0 Å². The number of halogens is 1. The zero-order chi connectivity index (χ0) is 15.3. The van der Waals surface area contributed by atoms with Gasteiger partial charge in [0, 0.05) is 12.6 Å². The summed E-state index contributed by atoms with van der Waals surface area (Å²) < 4.78 is 19.2. The van der Waals surface area contributed by atoms with Crippen LogP contribution in [-0.2, 0) is 4.79 Å². The van der Waals surface area contributed by atoms with Crippen molar-refractivity contribution < 1.29 is 13.9 Å². The van der Waals surface area contributed by atoms with Crippen molar-refractivity contribution in [3.8, 4) is 5.75 Å². The van der Waals surface area contributed by atoms with Gasteiger partial charge in [-0.15, -0.1) is 0 Å². The van der Waals surface area contributed by atoms with Crippen LogP contribution in [0.1, 0.15) is 39.3 Å². The summed E-state index contributed by atoms with van der Waals surface area (Å²) in [4.78, 5) is 11.8. The first-order valence-electron chi connectivity index (χ1n) is 6.80. The molecule has 0 saturated heterocycles. The summed E-state index contributed by atoms with van der Waals surface area (Å²) in [5, 5.41) is 2.74. The monoisotopic (exact) mass is 282 g/mol. The lowest BCUT2D eigenvalue weighted by Gasteiger charge is -2.16. The minimum absolute atomic E-state index is 0.0570. The Bertz CT molecular complexity index is 461. The first-order chi connectivity index (χ1) is 9.31. The minimum atomic E-state index is -0.746. The third kappa shape index (κ3) is 4.81. The fraction of sp³-hybridized carbons (Fsp3) is 0.533. The molecular weight excluding hydrogens is 259 g/mol. The molecule has 0 bridgehead atoms. The molecular formula is C15H23FN2O2. The van der Waals surface area contributed by atoms with E-state index < -0.39 is 11.9 Å². The van der Waals surface area contributed by atoms with Crippen molar-refractivity contribution in [1.82, 2.24) is 5.32 Å². The highest BCUT2D eigenvalue weighted by Crippen LogP contribution is 2.22. The maximum Gasteiger partial charge on any atom is 0.260 e. The summed E-state index contributed by atoms with van der Waals surface area (Å²) in [5.74, 6) is -0.354. The second kappa shape index (κ2) is 7.24. The number of nitrogens with two attached hydrogens (primary N) is 1. The van der Waals surface area contributed by atoms with Gasteiger partial charge in [-0.1, -0.05) is 19.9 Å². The Balaban J connectivity index is 2.66. The number of amides is 1. The van der Waals surface area contributed by atoms with Crippen LogP contribution in [0.3, 0.4) is 0 Å². The van der Waals surface area contributed by atoms with Crippen molar-refractivity contribution in [2.75, 3.05) is 6.54 Å². The van der Waals surface area contributed by atoms with E-state index >= 15 is 0 Å². The predicted molar refractivity (Wildman–Crippen MR) is 76.9 cm³/mol. The van der Waals surface area contributed by atoms with Crippen molar-refractivity contribution in [3.05, 3.63) is 29.6 Å². The van der Waals surface area contributed by atoms with Gasteiger partial charge >= 0.3 is 0 Å². The van der Waals surface area contributed by atoms with Gasteiger partial charge in [0.25, 0.3) is 5.91 Å². The Morgan fingerprint density at radius 2 is 2.00 bits per heavy atom. The SMILES string of the molecule is CC(C)CNC(=O)C(C)Oc1ccc([C@@H](C)N)cc1F. The van der Waals surface area contributed by atoms with Gasteiger partial charge in [0.2, 0.25) is 0 Å². The molecule has 0 spiro atoms. The van der Waals surface area contributed by atoms with Gasteiger partial charge in [-0.3, -0.25) is 4.79 Å². The number of benzene rings is 1. The third-order valence-corrected chi connectivity index (χ3v) is 2.84. The molecule has 1 amide bonds. The lowest BCUT2D eigenvalue weighted by atomic mass is 10.1. The van der Waals surface area contributed by atoms with Gasteiger partial charge in [-0.05, 0) is 37.5 Å². The number of ether oxygens (including phenoxy) is 1. The summed E-state index contributed by atoms with van der Waals surface area (Å²) in [6.45, 7) is 7.93. The molecule has 0 heterocycles. The standard InChI is InChI=1S/C15H23FN2O2/c1-9(2)8-18-15(19)11(4)20-14-6-5-12(10(3)17)7-13(14)16/h5-7,9-11H,8,17H2,1-4H3,(H,18,19)/t10-,11?/m1/s1. The average molecular weight is 282 g/mol. The summed E-state index contributed by atoms with van der Waals surface area (Å²) in [6.07, 6.45) is -0.746. The van der Waals surface area contributed by atoms with Crippen molar-refractivity contribution in [2.24, 2.45) is 11.7 Å².